The van der Waals surface area contributed by atoms with Crippen molar-refractivity contribution in [3.05, 3.63) is 65.4 Å². The molecule has 2 aliphatic rings. The number of fused-ring (bicyclic) bond motifs is 1. The number of nitrogens with zero attached hydrogens (tertiary/aromatic N) is 1. The van der Waals surface area contributed by atoms with Crippen molar-refractivity contribution >= 4 is 22.7 Å². The first-order chi connectivity index (χ1) is 15.6. The van der Waals surface area contributed by atoms with E-state index >= 15 is 0 Å². The van der Waals surface area contributed by atoms with Gasteiger partial charge < -0.3 is 19.9 Å². The third-order valence-corrected chi connectivity index (χ3v) is 6.61. The summed E-state index contributed by atoms with van der Waals surface area (Å²) < 4.78 is 5.27. The van der Waals surface area contributed by atoms with Gasteiger partial charge in [0, 0.05) is 41.7 Å². The number of methoxy groups -OCH3 is 1. The topological polar surface area (TPSA) is 74.4 Å². The number of rotatable bonds is 6. The fourth-order valence-corrected chi connectivity index (χ4v) is 4.48. The molecule has 1 aliphatic heterocycles. The first kappa shape index (κ1) is 20.6. The Morgan fingerprint density at radius 3 is 2.47 bits per heavy atom. The minimum absolute atomic E-state index is 0.0290. The van der Waals surface area contributed by atoms with Gasteiger partial charge in [0.05, 0.1) is 7.11 Å². The zero-order valence-corrected chi connectivity index (χ0v) is 18.4. The number of carbonyl (C=O) groups is 2. The highest BCUT2D eigenvalue weighted by Crippen LogP contribution is 2.26. The summed E-state index contributed by atoms with van der Waals surface area (Å²) in [6.45, 7) is 1.54. The molecule has 1 aromatic heterocycles. The zero-order chi connectivity index (χ0) is 22.1. The summed E-state index contributed by atoms with van der Waals surface area (Å²) in [6, 6.07) is 16.1. The summed E-state index contributed by atoms with van der Waals surface area (Å²) in [5.41, 5.74) is 3.53. The number of hydrogen-bond donors (Lipinski definition) is 2. The van der Waals surface area contributed by atoms with Crippen LogP contribution in [0, 0.1) is 5.92 Å². The van der Waals surface area contributed by atoms with Crippen LogP contribution in [0.25, 0.3) is 10.9 Å². The molecule has 166 valence electrons. The Bertz CT molecular complexity index is 1120. The van der Waals surface area contributed by atoms with Gasteiger partial charge in [0.15, 0.2) is 0 Å². The van der Waals surface area contributed by atoms with E-state index < -0.39 is 0 Å². The molecule has 2 fully saturated rings. The Kier molecular flexibility index (Phi) is 5.60. The van der Waals surface area contributed by atoms with Gasteiger partial charge in [-0.1, -0.05) is 12.1 Å². The molecule has 0 spiro atoms. The minimum atomic E-state index is 0.0290. The van der Waals surface area contributed by atoms with E-state index in [-0.39, 0.29) is 11.8 Å². The van der Waals surface area contributed by atoms with Crippen LogP contribution in [0.5, 0.6) is 5.75 Å². The second-order valence-electron chi connectivity index (χ2n) is 9.02. The van der Waals surface area contributed by atoms with Gasteiger partial charge in [-0.25, -0.2) is 0 Å². The summed E-state index contributed by atoms with van der Waals surface area (Å²) in [4.78, 5) is 30.3. The van der Waals surface area contributed by atoms with Crippen molar-refractivity contribution in [2.24, 2.45) is 5.92 Å². The largest absolute Gasteiger partial charge is 0.497 e. The molecule has 2 heterocycles. The molecule has 1 saturated carbocycles. The van der Waals surface area contributed by atoms with Crippen molar-refractivity contribution in [3.8, 4) is 5.75 Å². The molecular formula is C26H29N3O3. The lowest BCUT2D eigenvalue weighted by molar-refractivity contribution is 0.0685. The molecule has 5 rings (SSSR count). The number of aromatic nitrogens is 1. The average Bonchev–Trinajstić information content (AvgIpc) is 3.53. The average molecular weight is 432 g/mol. The van der Waals surface area contributed by atoms with Crippen molar-refractivity contribution in [1.29, 1.82) is 0 Å². The van der Waals surface area contributed by atoms with Gasteiger partial charge >= 0.3 is 0 Å². The highest BCUT2D eigenvalue weighted by atomic mass is 16.5. The summed E-state index contributed by atoms with van der Waals surface area (Å²) in [5, 5.41) is 4.04. The standard InChI is InChI=1S/C26H29N3O3/c1-32-22-9-6-20-15-24(28-23(20)16-22)26(31)29-12-10-18(11-13-29)14-17-2-4-19(5-3-17)25(30)27-21-7-8-21/h2-6,9,15-16,18,21,28H,7-8,10-14H2,1H3,(H,27,30). The highest BCUT2D eigenvalue weighted by molar-refractivity contribution is 5.98. The number of amides is 2. The third kappa shape index (κ3) is 4.49. The Morgan fingerprint density at radius 2 is 1.78 bits per heavy atom. The molecule has 0 atom stereocenters. The molecule has 32 heavy (non-hydrogen) atoms. The highest BCUT2D eigenvalue weighted by Gasteiger charge is 2.26. The molecule has 6 nitrogen and oxygen atoms in total. The molecule has 1 aliphatic carbocycles. The van der Waals surface area contributed by atoms with Gasteiger partial charge in [0.2, 0.25) is 0 Å². The Labute approximate surface area is 187 Å². The van der Waals surface area contributed by atoms with Crippen molar-refractivity contribution in [2.75, 3.05) is 20.2 Å². The van der Waals surface area contributed by atoms with Crippen LogP contribution in [0.2, 0.25) is 0 Å². The van der Waals surface area contributed by atoms with Crippen molar-refractivity contribution in [1.82, 2.24) is 15.2 Å². The van der Waals surface area contributed by atoms with Crippen molar-refractivity contribution in [3.63, 3.8) is 0 Å². The maximum absolute atomic E-state index is 13.0. The lowest BCUT2D eigenvalue weighted by Gasteiger charge is -2.32. The van der Waals surface area contributed by atoms with E-state index in [1.165, 1.54) is 5.56 Å². The molecule has 0 unspecified atom stereocenters. The second-order valence-corrected chi connectivity index (χ2v) is 9.02. The van der Waals surface area contributed by atoms with E-state index in [1.807, 2.05) is 41.3 Å². The first-order valence-corrected chi connectivity index (χ1v) is 11.4. The number of hydrogen-bond acceptors (Lipinski definition) is 3. The van der Waals surface area contributed by atoms with Crippen LogP contribution in [-0.4, -0.2) is 47.9 Å². The van der Waals surface area contributed by atoms with Crippen molar-refractivity contribution < 1.29 is 14.3 Å². The minimum Gasteiger partial charge on any atom is -0.497 e. The number of H-pyrrole nitrogens is 1. The van der Waals surface area contributed by atoms with E-state index in [0.29, 0.717) is 17.7 Å². The maximum Gasteiger partial charge on any atom is 0.270 e. The van der Waals surface area contributed by atoms with Crippen LogP contribution in [0.3, 0.4) is 0 Å². The van der Waals surface area contributed by atoms with Crippen LogP contribution >= 0.6 is 0 Å². The van der Waals surface area contributed by atoms with E-state index in [2.05, 4.69) is 22.4 Å². The number of piperidine rings is 1. The molecule has 2 aromatic carbocycles. The number of carbonyl (C=O) groups excluding carboxylic acids is 2. The van der Waals surface area contributed by atoms with Crippen LogP contribution < -0.4 is 10.1 Å². The fraction of sp³-hybridized carbons (Fsp3) is 0.385. The van der Waals surface area contributed by atoms with E-state index in [4.69, 9.17) is 4.74 Å². The Balaban J connectivity index is 1.15. The molecular weight excluding hydrogens is 402 g/mol. The van der Waals surface area contributed by atoms with Gasteiger partial charge in [-0.05, 0) is 73.9 Å². The number of nitrogens with one attached hydrogen (secondary N) is 2. The van der Waals surface area contributed by atoms with E-state index in [9.17, 15) is 9.59 Å². The molecule has 3 aromatic rings. The predicted molar refractivity (Wildman–Crippen MR) is 124 cm³/mol. The normalized spacial score (nSPS) is 16.8. The van der Waals surface area contributed by atoms with Crippen LogP contribution in [-0.2, 0) is 6.42 Å². The van der Waals surface area contributed by atoms with Crippen molar-refractivity contribution in [2.45, 2.75) is 38.1 Å². The third-order valence-electron chi connectivity index (χ3n) is 6.61. The van der Waals surface area contributed by atoms with E-state index in [0.717, 1.165) is 67.4 Å². The summed E-state index contributed by atoms with van der Waals surface area (Å²) >= 11 is 0. The monoisotopic (exact) mass is 431 g/mol. The first-order valence-electron chi connectivity index (χ1n) is 11.4. The van der Waals surface area contributed by atoms with Crippen LogP contribution in [0.1, 0.15) is 52.1 Å². The number of likely N-dealkylation sites (tertiary alicyclic amines) is 1. The van der Waals surface area contributed by atoms with Gasteiger partial charge in [-0.15, -0.1) is 0 Å². The molecule has 0 bridgehead atoms. The van der Waals surface area contributed by atoms with Crippen LogP contribution in [0.15, 0.2) is 48.5 Å². The smallest absolute Gasteiger partial charge is 0.270 e. The molecule has 6 heteroatoms. The summed E-state index contributed by atoms with van der Waals surface area (Å²) in [5.74, 6) is 1.42. The Morgan fingerprint density at radius 1 is 1.03 bits per heavy atom. The molecule has 2 N–H and O–H groups in total. The van der Waals surface area contributed by atoms with Gasteiger partial charge in [-0.2, -0.15) is 0 Å². The number of benzene rings is 2. The number of ether oxygens (including phenoxy) is 1. The Hall–Kier alpha value is -3.28. The van der Waals surface area contributed by atoms with Crippen LogP contribution in [0.4, 0.5) is 0 Å². The summed E-state index contributed by atoms with van der Waals surface area (Å²) in [6.07, 6.45) is 5.16. The van der Waals surface area contributed by atoms with Gasteiger partial charge in [-0.3, -0.25) is 9.59 Å². The predicted octanol–water partition coefficient (Wildman–Crippen LogP) is 4.16. The summed E-state index contributed by atoms with van der Waals surface area (Å²) in [7, 11) is 1.64. The zero-order valence-electron chi connectivity index (χ0n) is 18.4. The van der Waals surface area contributed by atoms with Gasteiger partial charge in [0.25, 0.3) is 11.8 Å². The fourth-order valence-electron chi connectivity index (χ4n) is 4.48. The SMILES string of the molecule is COc1ccc2cc(C(=O)N3CCC(Cc4ccc(C(=O)NC5CC5)cc4)CC3)[nH]c2c1. The molecule has 1 saturated heterocycles. The lowest BCUT2D eigenvalue weighted by atomic mass is 9.90. The van der Waals surface area contributed by atoms with E-state index in [1.54, 1.807) is 7.11 Å². The lowest BCUT2D eigenvalue weighted by Crippen LogP contribution is -2.39. The number of aromatic amines is 1. The maximum atomic E-state index is 13.0. The second kappa shape index (κ2) is 8.69. The molecule has 2 amide bonds. The quantitative estimate of drug-likeness (QED) is 0.615. The van der Waals surface area contributed by atoms with Gasteiger partial charge in [0.1, 0.15) is 11.4 Å². The molecule has 0 radical (unpaired) electrons.